The SMILES string of the molecule is OC(/C1=C/CCCCCC1)C1CC1c1ccccc1. The van der Waals surface area contributed by atoms with E-state index >= 15 is 0 Å². The molecule has 1 nitrogen and oxygen atoms in total. The molecule has 1 aromatic rings. The van der Waals surface area contributed by atoms with Crippen molar-refractivity contribution in [1.29, 1.82) is 0 Å². The Hall–Kier alpha value is -1.08. The zero-order chi connectivity index (χ0) is 13.1. The predicted molar refractivity (Wildman–Crippen MR) is 79.1 cm³/mol. The van der Waals surface area contributed by atoms with Crippen molar-refractivity contribution >= 4 is 0 Å². The van der Waals surface area contributed by atoms with Gasteiger partial charge in [-0.1, -0.05) is 49.2 Å². The van der Waals surface area contributed by atoms with Gasteiger partial charge in [-0.2, -0.15) is 0 Å². The predicted octanol–water partition coefficient (Wildman–Crippen LogP) is 4.43. The van der Waals surface area contributed by atoms with E-state index in [1.54, 1.807) is 0 Å². The van der Waals surface area contributed by atoms with Gasteiger partial charge in [-0.25, -0.2) is 0 Å². The highest BCUT2D eigenvalue weighted by Crippen LogP contribution is 2.51. The number of aliphatic hydroxyl groups is 1. The minimum atomic E-state index is -0.191. The van der Waals surface area contributed by atoms with Gasteiger partial charge in [0.1, 0.15) is 0 Å². The molecule has 0 bridgehead atoms. The van der Waals surface area contributed by atoms with E-state index in [9.17, 15) is 5.11 Å². The van der Waals surface area contributed by atoms with E-state index < -0.39 is 0 Å². The third-order valence-corrected chi connectivity index (χ3v) is 4.68. The van der Waals surface area contributed by atoms with Crippen molar-refractivity contribution in [3.63, 3.8) is 0 Å². The molecule has 1 saturated carbocycles. The van der Waals surface area contributed by atoms with Crippen LogP contribution in [-0.2, 0) is 0 Å². The third-order valence-electron chi connectivity index (χ3n) is 4.68. The van der Waals surface area contributed by atoms with Crippen molar-refractivity contribution in [1.82, 2.24) is 0 Å². The van der Waals surface area contributed by atoms with Crippen LogP contribution < -0.4 is 0 Å². The molecule has 3 unspecified atom stereocenters. The maximum absolute atomic E-state index is 10.6. The van der Waals surface area contributed by atoms with Crippen LogP contribution in [0.25, 0.3) is 0 Å². The molecule has 0 heterocycles. The lowest BCUT2D eigenvalue weighted by Gasteiger charge is -2.17. The van der Waals surface area contributed by atoms with Crippen molar-refractivity contribution in [2.24, 2.45) is 5.92 Å². The van der Waals surface area contributed by atoms with Crippen molar-refractivity contribution in [3.05, 3.63) is 47.5 Å². The van der Waals surface area contributed by atoms with Gasteiger partial charge in [0.2, 0.25) is 0 Å². The maximum Gasteiger partial charge on any atom is 0.0784 e. The topological polar surface area (TPSA) is 20.2 Å². The Bertz CT molecular complexity index is 434. The summed E-state index contributed by atoms with van der Waals surface area (Å²) in [6.45, 7) is 0. The van der Waals surface area contributed by atoms with E-state index in [2.05, 4.69) is 36.4 Å². The first kappa shape index (κ1) is 12.9. The summed E-state index contributed by atoms with van der Waals surface area (Å²) in [6, 6.07) is 10.7. The first-order valence-electron chi connectivity index (χ1n) is 7.78. The van der Waals surface area contributed by atoms with Crippen molar-refractivity contribution < 1.29 is 5.11 Å². The van der Waals surface area contributed by atoms with Crippen LogP contribution in [0.5, 0.6) is 0 Å². The summed E-state index contributed by atoms with van der Waals surface area (Å²) in [5, 5.41) is 10.6. The van der Waals surface area contributed by atoms with Crippen LogP contribution in [0, 0.1) is 5.92 Å². The average molecular weight is 256 g/mol. The van der Waals surface area contributed by atoms with E-state index in [4.69, 9.17) is 0 Å². The normalized spacial score (nSPS) is 31.7. The molecular weight excluding hydrogens is 232 g/mol. The Balaban J connectivity index is 1.64. The zero-order valence-electron chi connectivity index (χ0n) is 11.6. The molecule has 0 amide bonds. The molecule has 1 fully saturated rings. The molecule has 1 heteroatoms. The Kier molecular flexibility index (Phi) is 4.03. The van der Waals surface area contributed by atoms with E-state index in [0.29, 0.717) is 11.8 Å². The quantitative estimate of drug-likeness (QED) is 0.793. The van der Waals surface area contributed by atoms with Gasteiger partial charge in [0.25, 0.3) is 0 Å². The molecule has 1 aromatic carbocycles. The Morgan fingerprint density at radius 3 is 2.63 bits per heavy atom. The molecule has 19 heavy (non-hydrogen) atoms. The van der Waals surface area contributed by atoms with Gasteiger partial charge < -0.3 is 5.11 Å². The lowest BCUT2D eigenvalue weighted by molar-refractivity contribution is 0.179. The van der Waals surface area contributed by atoms with Gasteiger partial charge in [0.05, 0.1) is 6.10 Å². The lowest BCUT2D eigenvalue weighted by Crippen LogP contribution is -2.15. The second-order valence-corrected chi connectivity index (χ2v) is 6.09. The highest BCUT2D eigenvalue weighted by atomic mass is 16.3. The zero-order valence-corrected chi connectivity index (χ0v) is 11.6. The fourth-order valence-electron chi connectivity index (χ4n) is 3.41. The molecule has 0 spiro atoms. The monoisotopic (exact) mass is 256 g/mol. The molecule has 0 saturated heterocycles. The van der Waals surface area contributed by atoms with Crippen LogP contribution in [0.15, 0.2) is 42.0 Å². The Morgan fingerprint density at radius 1 is 1.00 bits per heavy atom. The van der Waals surface area contributed by atoms with Gasteiger partial charge in [-0.05, 0) is 55.1 Å². The van der Waals surface area contributed by atoms with Gasteiger partial charge in [0.15, 0.2) is 0 Å². The summed E-state index contributed by atoms with van der Waals surface area (Å²) >= 11 is 0. The first-order chi connectivity index (χ1) is 9.36. The summed E-state index contributed by atoms with van der Waals surface area (Å²) in [5.74, 6) is 1.05. The van der Waals surface area contributed by atoms with Crippen LogP contribution in [-0.4, -0.2) is 11.2 Å². The highest BCUT2D eigenvalue weighted by Gasteiger charge is 2.44. The summed E-state index contributed by atoms with van der Waals surface area (Å²) in [5.41, 5.74) is 2.72. The maximum atomic E-state index is 10.6. The molecule has 2 aliphatic carbocycles. The smallest absolute Gasteiger partial charge is 0.0784 e. The number of benzene rings is 1. The molecule has 0 aromatic heterocycles. The fraction of sp³-hybridized carbons (Fsp3) is 0.556. The van der Waals surface area contributed by atoms with Gasteiger partial charge >= 0.3 is 0 Å². The van der Waals surface area contributed by atoms with Crippen LogP contribution in [0.2, 0.25) is 0 Å². The Labute approximate surface area is 116 Å². The molecule has 3 atom stereocenters. The van der Waals surface area contributed by atoms with E-state index in [1.165, 1.54) is 36.8 Å². The number of aliphatic hydroxyl groups excluding tert-OH is 1. The van der Waals surface area contributed by atoms with Crippen LogP contribution in [0.3, 0.4) is 0 Å². The summed E-state index contributed by atoms with van der Waals surface area (Å²) < 4.78 is 0. The summed E-state index contributed by atoms with van der Waals surface area (Å²) in [4.78, 5) is 0. The molecule has 3 rings (SSSR count). The number of rotatable bonds is 3. The van der Waals surface area contributed by atoms with Gasteiger partial charge in [-0.15, -0.1) is 0 Å². The number of hydrogen-bond acceptors (Lipinski definition) is 1. The van der Waals surface area contributed by atoms with Crippen LogP contribution in [0.4, 0.5) is 0 Å². The van der Waals surface area contributed by atoms with Gasteiger partial charge in [-0.3, -0.25) is 0 Å². The van der Waals surface area contributed by atoms with E-state index in [0.717, 1.165) is 19.3 Å². The van der Waals surface area contributed by atoms with Crippen molar-refractivity contribution in [2.45, 2.75) is 57.0 Å². The molecule has 1 N–H and O–H groups in total. The molecule has 0 aliphatic heterocycles. The molecule has 0 radical (unpaired) electrons. The molecular formula is C18H24O. The Morgan fingerprint density at radius 2 is 1.79 bits per heavy atom. The summed E-state index contributed by atoms with van der Waals surface area (Å²) in [7, 11) is 0. The van der Waals surface area contributed by atoms with Gasteiger partial charge in [0, 0.05) is 0 Å². The second kappa shape index (κ2) is 5.92. The van der Waals surface area contributed by atoms with Crippen molar-refractivity contribution in [2.75, 3.05) is 0 Å². The lowest BCUT2D eigenvalue weighted by atomic mass is 9.93. The standard InChI is InChI=1S/C18H24O/c19-18(15-11-5-2-1-3-6-12-15)17-13-16(17)14-9-7-4-8-10-14/h4,7-11,16-19H,1-3,5-6,12-13H2/b15-11+. The first-order valence-corrected chi connectivity index (χ1v) is 7.78. The number of hydrogen-bond donors (Lipinski definition) is 1. The average Bonchev–Trinajstić information content (AvgIpc) is 3.19. The van der Waals surface area contributed by atoms with Crippen molar-refractivity contribution in [3.8, 4) is 0 Å². The largest absolute Gasteiger partial charge is 0.388 e. The fourth-order valence-corrected chi connectivity index (χ4v) is 3.41. The second-order valence-electron chi connectivity index (χ2n) is 6.09. The van der Waals surface area contributed by atoms with Crippen LogP contribution in [0.1, 0.15) is 56.4 Å². The molecule has 2 aliphatic rings. The highest BCUT2D eigenvalue weighted by molar-refractivity contribution is 5.29. The molecule has 102 valence electrons. The van der Waals surface area contributed by atoms with E-state index in [-0.39, 0.29) is 6.10 Å². The summed E-state index contributed by atoms with van der Waals surface area (Å²) in [6.07, 6.45) is 10.8. The van der Waals surface area contributed by atoms with E-state index in [1.807, 2.05) is 0 Å². The van der Waals surface area contributed by atoms with Crippen LogP contribution >= 0.6 is 0 Å². The minimum Gasteiger partial charge on any atom is -0.388 e. The number of allylic oxidation sites excluding steroid dienone is 1. The minimum absolute atomic E-state index is 0.191. The third kappa shape index (κ3) is 3.09.